The highest BCUT2D eigenvalue weighted by Crippen LogP contribution is 2.16. The zero-order chi connectivity index (χ0) is 13.5. The number of hydrogen-bond acceptors (Lipinski definition) is 3. The lowest BCUT2D eigenvalue weighted by molar-refractivity contribution is 0.0937. The van der Waals surface area contributed by atoms with Crippen LogP contribution < -0.4 is 5.32 Å². The predicted octanol–water partition coefficient (Wildman–Crippen LogP) is 2.12. The molecule has 4 heteroatoms. The number of benzene rings is 1. The van der Waals surface area contributed by atoms with E-state index in [1.165, 1.54) is 0 Å². The molecule has 19 heavy (non-hydrogen) atoms. The molecule has 0 aliphatic heterocycles. The Bertz CT molecular complexity index is 524. The van der Waals surface area contributed by atoms with Crippen molar-refractivity contribution >= 4 is 5.91 Å². The summed E-state index contributed by atoms with van der Waals surface area (Å²) in [6, 6.07) is 13.1. The number of pyridine rings is 1. The molecule has 2 aromatic rings. The van der Waals surface area contributed by atoms with Gasteiger partial charge in [0.15, 0.2) is 0 Å². The summed E-state index contributed by atoms with van der Waals surface area (Å²) in [7, 11) is 1.60. The van der Waals surface area contributed by atoms with Crippen molar-refractivity contribution in [3.05, 3.63) is 54.2 Å². The van der Waals surface area contributed by atoms with E-state index in [1.807, 2.05) is 30.3 Å². The lowest BCUT2D eigenvalue weighted by Gasteiger charge is -2.05. The monoisotopic (exact) mass is 256 g/mol. The van der Waals surface area contributed by atoms with Gasteiger partial charge in [0.2, 0.25) is 0 Å². The van der Waals surface area contributed by atoms with Crippen LogP contribution in [0.3, 0.4) is 0 Å². The number of carbonyl (C=O) groups excluding carboxylic acids is 1. The van der Waals surface area contributed by atoms with E-state index in [-0.39, 0.29) is 5.91 Å². The number of ether oxygens (including phenoxy) is 1. The molecule has 0 aliphatic carbocycles. The van der Waals surface area contributed by atoms with Crippen LogP contribution in [-0.2, 0) is 4.74 Å². The summed E-state index contributed by atoms with van der Waals surface area (Å²) < 4.78 is 4.88. The fourth-order valence-electron chi connectivity index (χ4n) is 1.69. The Morgan fingerprint density at radius 3 is 2.63 bits per heavy atom. The number of nitrogens with zero attached hydrogens (tertiary/aromatic N) is 1. The van der Waals surface area contributed by atoms with E-state index in [2.05, 4.69) is 10.3 Å². The third-order valence-corrected chi connectivity index (χ3v) is 2.70. The summed E-state index contributed by atoms with van der Waals surface area (Å²) >= 11 is 0. The molecule has 1 amide bonds. The second kappa shape index (κ2) is 6.66. The molecular formula is C15H16N2O2. The van der Waals surface area contributed by atoms with Gasteiger partial charge in [0.05, 0.1) is 12.3 Å². The van der Waals surface area contributed by atoms with Crippen LogP contribution in [0.1, 0.15) is 10.4 Å². The molecule has 4 nitrogen and oxygen atoms in total. The van der Waals surface area contributed by atoms with Crippen molar-refractivity contribution in [2.45, 2.75) is 0 Å². The first-order valence-electron chi connectivity index (χ1n) is 6.10. The Morgan fingerprint density at radius 2 is 2.00 bits per heavy atom. The normalized spacial score (nSPS) is 10.2. The molecule has 1 heterocycles. The fraction of sp³-hybridized carbons (Fsp3) is 0.200. The van der Waals surface area contributed by atoms with Gasteiger partial charge in [-0.25, -0.2) is 0 Å². The highest BCUT2D eigenvalue weighted by molar-refractivity contribution is 5.94. The highest BCUT2D eigenvalue weighted by Gasteiger charge is 2.05. The van der Waals surface area contributed by atoms with Gasteiger partial charge in [-0.3, -0.25) is 9.78 Å². The molecule has 0 aliphatic rings. The predicted molar refractivity (Wildman–Crippen MR) is 73.9 cm³/mol. The second-order valence-corrected chi connectivity index (χ2v) is 4.04. The van der Waals surface area contributed by atoms with Gasteiger partial charge in [-0.15, -0.1) is 0 Å². The van der Waals surface area contributed by atoms with Gasteiger partial charge in [-0.1, -0.05) is 18.2 Å². The maximum atomic E-state index is 11.8. The molecule has 0 unspecified atom stereocenters. The van der Waals surface area contributed by atoms with E-state index < -0.39 is 0 Å². The number of carbonyl (C=O) groups is 1. The average Bonchev–Trinajstić information content (AvgIpc) is 2.48. The van der Waals surface area contributed by atoms with Gasteiger partial charge in [0.1, 0.15) is 0 Å². The van der Waals surface area contributed by atoms with Gasteiger partial charge in [-0.2, -0.15) is 0 Å². The molecule has 0 bridgehead atoms. The summed E-state index contributed by atoms with van der Waals surface area (Å²) in [5.41, 5.74) is 2.53. The Morgan fingerprint density at radius 1 is 1.21 bits per heavy atom. The third-order valence-electron chi connectivity index (χ3n) is 2.70. The Kier molecular flexibility index (Phi) is 4.64. The minimum atomic E-state index is -0.0929. The topological polar surface area (TPSA) is 51.2 Å². The summed E-state index contributed by atoms with van der Waals surface area (Å²) in [5.74, 6) is -0.0929. The zero-order valence-electron chi connectivity index (χ0n) is 10.8. The molecule has 0 fully saturated rings. The molecule has 1 aromatic carbocycles. The van der Waals surface area contributed by atoms with Crippen molar-refractivity contribution in [2.75, 3.05) is 20.3 Å². The van der Waals surface area contributed by atoms with E-state index in [0.717, 1.165) is 11.3 Å². The summed E-state index contributed by atoms with van der Waals surface area (Å²) in [6.07, 6.45) is 1.75. The fourth-order valence-corrected chi connectivity index (χ4v) is 1.69. The van der Waals surface area contributed by atoms with Gasteiger partial charge in [0, 0.05) is 31.0 Å². The minimum Gasteiger partial charge on any atom is -0.383 e. The van der Waals surface area contributed by atoms with Crippen molar-refractivity contribution < 1.29 is 9.53 Å². The molecule has 0 saturated heterocycles. The van der Waals surface area contributed by atoms with Crippen LogP contribution in [0.2, 0.25) is 0 Å². The van der Waals surface area contributed by atoms with E-state index in [1.54, 1.807) is 25.4 Å². The van der Waals surface area contributed by atoms with Crippen LogP contribution >= 0.6 is 0 Å². The molecule has 1 aromatic heterocycles. The maximum Gasteiger partial charge on any atom is 0.251 e. The first-order valence-corrected chi connectivity index (χ1v) is 6.10. The van der Waals surface area contributed by atoms with Crippen molar-refractivity contribution in [1.29, 1.82) is 0 Å². The SMILES string of the molecule is COCCNC(=O)c1ccc(-c2ccccn2)cc1. The van der Waals surface area contributed by atoms with Gasteiger partial charge in [0.25, 0.3) is 5.91 Å². The lowest BCUT2D eigenvalue weighted by Crippen LogP contribution is -2.26. The summed E-state index contributed by atoms with van der Waals surface area (Å²) in [6.45, 7) is 1.02. The molecule has 0 radical (unpaired) electrons. The number of rotatable bonds is 5. The standard InChI is InChI=1S/C15H16N2O2/c1-19-11-10-17-15(18)13-7-5-12(6-8-13)14-4-2-3-9-16-14/h2-9H,10-11H2,1H3,(H,17,18). The molecular weight excluding hydrogens is 240 g/mol. The molecule has 0 atom stereocenters. The molecule has 1 N–H and O–H groups in total. The second-order valence-electron chi connectivity index (χ2n) is 4.04. The quantitative estimate of drug-likeness (QED) is 0.834. The first-order chi connectivity index (χ1) is 9.31. The van der Waals surface area contributed by atoms with Crippen LogP contribution in [0.5, 0.6) is 0 Å². The van der Waals surface area contributed by atoms with Crippen molar-refractivity contribution in [1.82, 2.24) is 10.3 Å². The largest absolute Gasteiger partial charge is 0.383 e. The number of hydrogen-bond donors (Lipinski definition) is 1. The number of methoxy groups -OCH3 is 1. The Balaban J connectivity index is 2.04. The minimum absolute atomic E-state index is 0.0929. The molecule has 0 saturated carbocycles. The maximum absolute atomic E-state index is 11.8. The van der Waals surface area contributed by atoms with E-state index in [0.29, 0.717) is 18.7 Å². The van der Waals surface area contributed by atoms with Crippen LogP contribution in [-0.4, -0.2) is 31.2 Å². The first kappa shape index (κ1) is 13.2. The Labute approximate surface area is 112 Å². The molecule has 0 spiro atoms. The van der Waals surface area contributed by atoms with Crippen molar-refractivity contribution in [3.63, 3.8) is 0 Å². The lowest BCUT2D eigenvalue weighted by atomic mass is 10.1. The molecule has 2 rings (SSSR count). The number of amides is 1. The highest BCUT2D eigenvalue weighted by atomic mass is 16.5. The van der Waals surface area contributed by atoms with Crippen LogP contribution in [0.15, 0.2) is 48.7 Å². The molecule has 98 valence electrons. The van der Waals surface area contributed by atoms with Crippen molar-refractivity contribution in [3.8, 4) is 11.3 Å². The van der Waals surface area contributed by atoms with Crippen LogP contribution in [0.4, 0.5) is 0 Å². The van der Waals surface area contributed by atoms with Gasteiger partial charge >= 0.3 is 0 Å². The zero-order valence-corrected chi connectivity index (χ0v) is 10.8. The van der Waals surface area contributed by atoms with Crippen LogP contribution in [0.25, 0.3) is 11.3 Å². The number of nitrogens with one attached hydrogen (secondary N) is 1. The van der Waals surface area contributed by atoms with Gasteiger partial charge in [-0.05, 0) is 24.3 Å². The van der Waals surface area contributed by atoms with E-state index in [4.69, 9.17) is 4.74 Å². The van der Waals surface area contributed by atoms with E-state index in [9.17, 15) is 4.79 Å². The summed E-state index contributed by atoms with van der Waals surface area (Å²) in [4.78, 5) is 16.1. The summed E-state index contributed by atoms with van der Waals surface area (Å²) in [5, 5.41) is 2.78. The average molecular weight is 256 g/mol. The Hall–Kier alpha value is -2.20. The van der Waals surface area contributed by atoms with Crippen molar-refractivity contribution in [2.24, 2.45) is 0 Å². The smallest absolute Gasteiger partial charge is 0.251 e. The van der Waals surface area contributed by atoms with E-state index >= 15 is 0 Å². The van der Waals surface area contributed by atoms with Crippen LogP contribution in [0, 0.1) is 0 Å². The third kappa shape index (κ3) is 3.63. The number of aromatic nitrogens is 1. The van der Waals surface area contributed by atoms with Gasteiger partial charge < -0.3 is 10.1 Å².